The Kier molecular flexibility index (Phi) is 9.61. The Morgan fingerprint density at radius 1 is 0.523 bits per heavy atom. The molecule has 0 amide bonds. The van der Waals surface area contributed by atoms with Gasteiger partial charge in [-0.05, 0) is 113 Å². The fraction of sp³-hybridized carbons (Fsp3) is 0.0519. The minimum Gasteiger partial charge on any atom is -0.509 e. The van der Waals surface area contributed by atoms with E-state index < -0.39 is 60.4 Å². The van der Waals surface area contributed by atoms with Crippen LogP contribution in [0.15, 0.2) is 255 Å². The molecule has 0 fully saturated rings. The summed E-state index contributed by atoms with van der Waals surface area (Å²) in [6.45, 7) is 6.55. The van der Waals surface area contributed by atoms with Crippen LogP contribution in [0.1, 0.15) is 40.0 Å². The first kappa shape index (κ1) is 41.6. The zero-order valence-corrected chi connectivity index (χ0v) is 48.6. The van der Waals surface area contributed by atoms with Crippen LogP contribution in [0.2, 0.25) is 0 Å². The smallest absolute Gasteiger partial charge is 0.268 e. The summed E-state index contributed by atoms with van der Waals surface area (Å²) in [5.74, 6) is 1.95. The van der Waals surface area contributed by atoms with Crippen LogP contribution in [0.25, 0.3) is 138 Å². The van der Waals surface area contributed by atoms with Crippen LogP contribution in [-0.4, -0.2) is 27.9 Å². The molecule has 0 radical (unpaired) electrons. The number of rotatable bonds is 7. The molecule has 17 aromatic rings. The second-order valence-corrected chi connectivity index (χ2v) is 22.2. The van der Waals surface area contributed by atoms with Crippen LogP contribution in [0, 0.1) is 18.5 Å². The van der Waals surface area contributed by atoms with Crippen molar-refractivity contribution in [2.45, 2.75) is 26.2 Å². The number of hydrogen-bond acceptors (Lipinski definition) is 3. The number of aromatic nitrogens is 7. The zero-order valence-electron chi connectivity index (χ0n) is 56.3. The summed E-state index contributed by atoms with van der Waals surface area (Å²) in [7, 11) is 0. The van der Waals surface area contributed by atoms with Crippen molar-refractivity contribution in [1.82, 2.24) is 27.9 Å². The van der Waals surface area contributed by atoms with E-state index in [1.54, 1.807) is 27.3 Å². The van der Waals surface area contributed by atoms with Gasteiger partial charge in [0.15, 0.2) is 0 Å². The molecule has 0 aliphatic rings. The molecule has 0 saturated heterocycles. The molecule has 0 saturated carbocycles. The molecule has 86 heavy (non-hydrogen) atoms. The summed E-state index contributed by atoms with van der Waals surface area (Å²) in [6.07, 6.45) is 5.36. The predicted molar refractivity (Wildman–Crippen MR) is 346 cm³/mol. The minimum atomic E-state index is -0.586. The van der Waals surface area contributed by atoms with E-state index in [4.69, 9.17) is 22.9 Å². The van der Waals surface area contributed by atoms with Gasteiger partial charge in [-0.2, -0.15) is 12.1 Å². The fourth-order valence-corrected chi connectivity index (χ4v) is 12.6. The number of pyridine rings is 1. The molecule has 0 unspecified atom stereocenters. The molecule has 0 atom stereocenters. The first-order valence-electron chi connectivity index (χ1n) is 33.0. The van der Waals surface area contributed by atoms with E-state index in [-0.39, 0.29) is 54.4 Å². The number of ether oxygens (including phenoxy) is 1. The third-order valence-electron chi connectivity index (χ3n) is 16.4. The quantitative estimate of drug-likeness (QED) is 0.118. The number of nitrogens with zero attached hydrogens (tertiary/aromatic N) is 7. The third kappa shape index (κ3) is 7.83. The van der Waals surface area contributed by atoms with E-state index in [1.807, 2.05) is 72.9 Å². The maximum absolute atomic E-state index is 9.24. The third-order valence-corrected chi connectivity index (χ3v) is 16.4. The van der Waals surface area contributed by atoms with Crippen molar-refractivity contribution in [3.63, 3.8) is 0 Å². The van der Waals surface area contributed by atoms with Crippen molar-refractivity contribution in [3.05, 3.63) is 279 Å². The summed E-state index contributed by atoms with van der Waals surface area (Å²) >= 11 is 0. The SMILES string of the molecule is [2H]c1c([2H])c([2H])c(-c2cccc(-c3c([2H])c([2H])c([2H])c([2H])c3[2H])c2-[n+]2[c-]n(-c3[c-]c(Oc4[c-]c5c(c6c4c4cccc7c8ccccc8c8ccccc8c8ccccc8n6c74)n4c6ccccc6nc4n5-c4cc(C(C)(C)C)ccn4)ccc3)c3ccccc32)c([2H])c1[2H].[Pt]. The van der Waals surface area contributed by atoms with Gasteiger partial charge in [-0.3, -0.25) is 9.13 Å². The van der Waals surface area contributed by atoms with Crippen LogP contribution in [0.3, 0.4) is 0 Å². The molecule has 11 aromatic carbocycles. The van der Waals surface area contributed by atoms with Crippen molar-refractivity contribution < 1.29 is 44.1 Å². The molecule has 0 bridgehead atoms. The van der Waals surface area contributed by atoms with E-state index in [1.165, 1.54) is 0 Å². The van der Waals surface area contributed by atoms with Crippen molar-refractivity contribution in [1.29, 1.82) is 0 Å². The normalized spacial score (nSPS) is 13.7. The Bertz CT molecular complexity index is 6140. The number of imidazole rings is 3. The molecule has 6 aromatic heterocycles. The average Bonchev–Trinajstić information content (AvgIpc) is 1.52. The molecule has 17 rings (SSSR count). The van der Waals surface area contributed by atoms with Gasteiger partial charge in [0.1, 0.15) is 5.82 Å². The molecule has 0 spiro atoms. The van der Waals surface area contributed by atoms with Gasteiger partial charge >= 0.3 is 0 Å². The summed E-state index contributed by atoms with van der Waals surface area (Å²) in [5, 5.41) is 7.99. The van der Waals surface area contributed by atoms with Crippen LogP contribution in [-0.2, 0) is 26.5 Å². The Labute approximate surface area is 523 Å². The second kappa shape index (κ2) is 19.9. The van der Waals surface area contributed by atoms with Crippen molar-refractivity contribution in [2.75, 3.05) is 0 Å². The van der Waals surface area contributed by atoms with Gasteiger partial charge in [-0.15, -0.1) is 18.2 Å². The van der Waals surface area contributed by atoms with Gasteiger partial charge in [0.05, 0.1) is 47.0 Å². The van der Waals surface area contributed by atoms with E-state index in [2.05, 4.69) is 156 Å². The molecule has 9 heteroatoms. The Morgan fingerprint density at radius 2 is 1.10 bits per heavy atom. The van der Waals surface area contributed by atoms with Gasteiger partial charge in [-0.1, -0.05) is 226 Å². The standard InChI is InChI=1S/C77H51N7O.Pt/c1-77(2,3)51-43-44-78-70(45-51)82-68-47-69(85-53-28-20-27-52(46-53)80-48-81(67-42-19-18-41-66(67)80)72-54(49-23-6-4-7-24-49)34-21-35-55(72)50-25-8-5-9-26-50)71-62-37-22-36-61-59-32-13-11-30-57(59)56-29-10-12-31-58(56)60-33-14-16-39-64(60)83(73(61)62)75(71)74(68)84-65-40-17-15-38-63(65)79-76(82)84;/h4-45H,1-3H3;/q-2;/i4D,5D,6D,7D,8D,9D,23D,24D,25D,26D;. The summed E-state index contributed by atoms with van der Waals surface area (Å²) in [5.41, 5.74) is 8.31. The molecule has 412 valence electrons. The molecule has 0 aliphatic heterocycles. The number of benzene rings is 11. The molecular formula is C77H51N7OPt-2. The zero-order chi connectivity index (χ0) is 65.2. The molecule has 6 heterocycles. The molecule has 0 N–H and O–H groups in total. The Hall–Kier alpha value is -10.4. The van der Waals surface area contributed by atoms with Crippen LogP contribution >= 0.6 is 0 Å². The topological polar surface area (TPSA) is 57.6 Å². The minimum absolute atomic E-state index is 0. The van der Waals surface area contributed by atoms with Gasteiger partial charge in [-0.25, -0.2) is 9.97 Å². The second-order valence-electron chi connectivity index (χ2n) is 22.2. The Balaban J connectivity index is 0.00000725. The van der Waals surface area contributed by atoms with Crippen LogP contribution < -0.4 is 9.30 Å². The molecule has 0 aliphatic carbocycles. The van der Waals surface area contributed by atoms with Crippen LogP contribution in [0.5, 0.6) is 11.5 Å². The molecule has 8 nitrogen and oxygen atoms in total. The average molecular weight is 1300 g/mol. The van der Waals surface area contributed by atoms with Crippen molar-refractivity contribution >= 4 is 98.5 Å². The largest absolute Gasteiger partial charge is 0.509 e. The first-order valence-corrected chi connectivity index (χ1v) is 28.0. The Morgan fingerprint density at radius 3 is 1.81 bits per heavy atom. The van der Waals surface area contributed by atoms with Gasteiger partial charge in [0.25, 0.3) is 6.33 Å². The van der Waals surface area contributed by atoms with Gasteiger partial charge < -0.3 is 18.1 Å². The predicted octanol–water partition coefficient (Wildman–Crippen LogP) is 18.4. The summed E-state index contributed by atoms with van der Waals surface area (Å²) in [4.78, 5) is 10.5. The van der Waals surface area contributed by atoms with E-state index in [0.29, 0.717) is 45.3 Å². The summed E-state index contributed by atoms with van der Waals surface area (Å²) in [6, 6.07) is 64.3. The number of para-hydroxylation sites is 7. The maximum Gasteiger partial charge on any atom is 0.268 e. The fourth-order valence-electron chi connectivity index (χ4n) is 12.6. The van der Waals surface area contributed by atoms with Crippen LogP contribution in [0.4, 0.5) is 0 Å². The van der Waals surface area contributed by atoms with Gasteiger partial charge in [0, 0.05) is 55.1 Å². The first-order chi connectivity index (χ1) is 46.0. The van der Waals surface area contributed by atoms with Gasteiger partial charge in [0.2, 0.25) is 5.78 Å². The number of hydrogen-bond donors (Lipinski definition) is 0. The van der Waals surface area contributed by atoms with E-state index >= 15 is 0 Å². The summed E-state index contributed by atoms with van der Waals surface area (Å²) < 4.78 is 107. The van der Waals surface area contributed by atoms with Crippen molar-refractivity contribution in [3.8, 4) is 50.9 Å². The number of fused-ring (bicyclic) bond motifs is 17. The van der Waals surface area contributed by atoms with E-state index in [9.17, 15) is 5.48 Å². The van der Waals surface area contributed by atoms with E-state index in [0.717, 1.165) is 81.8 Å². The maximum atomic E-state index is 9.24. The van der Waals surface area contributed by atoms with Crippen molar-refractivity contribution in [2.24, 2.45) is 0 Å². The molecular weight excluding hydrogens is 1230 g/mol. The monoisotopic (exact) mass is 1290 g/mol.